The highest BCUT2D eigenvalue weighted by Crippen LogP contribution is 2.48. The van der Waals surface area contributed by atoms with E-state index in [4.69, 9.17) is 9.47 Å². The maximum absolute atomic E-state index is 12.6. The Hall–Kier alpha value is -2.13. The molecule has 0 N–H and O–H groups in total. The highest BCUT2D eigenvalue weighted by molar-refractivity contribution is 5.76. The first-order chi connectivity index (χ1) is 13.7. The minimum absolute atomic E-state index is 0.00544. The Kier molecular flexibility index (Phi) is 6.11. The fourth-order valence-electron chi connectivity index (χ4n) is 4.46. The largest absolute Gasteiger partial charge is 0.462 e. The Balaban J connectivity index is 1.37. The summed E-state index contributed by atoms with van der Waals surface area (Å²) >= 11 is 0. The van der Waals surface area contributed by atoms with Gasteiger partial charge >= 0.3 is 5.97 Å². The van der Waals surface area contributed by atoms with Gasteiger partial charge in [0, 0.05) is 0 Å². The van der Waals surface area contributed by atoms with E-state index in [1.54, 1.807) is 0 Å². The van der Waals surface area contributed by atoms with Crippen molar-refractivity contribution >= 4 is 5.97 Å². The Bertz CT molecular complexity index is 712. The van der Waals surface area contributed by atoms with Gasteiger partial charge in [0.2, 0.25) is 0 Å². The van der Waals surface area contributed by atoms with E-state index in [2.05, 4.69) is 31.2 Å². The molecule has 28 heavy (non-hydrogen) atoms. The van der Waals surface area contributed by atoms with Crippen LogP contribution < -0.4 is 0 Å². The smallest absolute Gasteiger partial charge is 0.309 e. The third-order valence-corrected chi connectivity index (χ3v) is 6.33. The molecule has 2 fully saturated rings. The molecule has 0 bridgehead atoms. The number of carbonyl (C=O) groups is 1. The van der Waals surface area contributed by atoms with Crippen molar-refractivity contribution in [3.63, 3.8) is 0 Å². The summed E-state index contributed by atoms with van der Waals surface area (Å²) in [6.07, 6.45) is 5.71. The number of benzene rings is 2. The molecule has 0 aliphatic heterocycles. The molecule has 0 aromatic heterocycles. The van der Waals surface area contributed by atoms with Crippen LogP contribution in [0.1, 0.15) is 56.3 Å². The summed E-state index contributed by atoms with van der Waals surface area (Å²) in [6, 6.07) is 20.6. The molecule has 2 aliphatic rings. The van der Waals surface area contributed by atoms with Crippen molar-refractivity contribution in [2.75, 3.05) is 6.61 Å². The van der Waals surface area contributed by atoms with Crippen molar-refractivity contribution in [2.24, 2.45) is 17.8 Å². The molecule has 3 atom stereocenters. The van der Waals surface area contributed by atoms with Crippen LogP contribution in [0.5, 0.6) is 0 Å². The molecular formula is C25H30O3. The summed E-state index contributed by atoms with van der Waals surface area (Å²) < 4.78 is 12.2. The van der Waals surface area contributed by atoms with E-state index >= 15 is 0 Å². The van der Waals surface area contributed by atoms with Crippen LogP contribution >= 0.6 is 0 Å². The van der Waals surface area contributed by atoms with Gasteiger partial charge in [0.05, 0.1) is 12.5 Å². The minimum Gasteiger partial charge on any atom is -0.462 e. The summed E-state index contributed by atoms with van der Waals surface area (Å²) in [6.45, 7) is 2.72. The fraction of sp³-hybridized carbons (Fsp3) is 0.480. The van der Waals surface area contributed by atoms with Crippen LogP contribution in [0, 0.1) is 17.8 Å². The predicted octanol–water partition coefficient (Wildman–Crippen LogP) is 5.55. The molecule has 0 saturated heterocycles. The molecule has 0 amide bonds. The van der Waals surface area contributed by atoms with Gasteiger partial charge in [-0.15, -0.1) is 0 Å². The zero-order valence-corrected chi connectivity index (χ0v) is 16.6. The molecule has 2 saturated carbocycles. The molecule has 3 heteroatoms. The number of hydrogen-bond acceptors (Lipinski definition) is 3. The van der Waals surface area contributed by atoms with Gasteiger partial charge in [-0.05, 0) is 48.6 Å². The number of carbonyl (C=O) groups excluding carboxylic acids is 1. The van der Waals surface area contributed by atoms with Gasteiger partial charge in [-0.3, -0.25) is 4.79 Å². The van der Waals surface area contributed by atoms with Crippen LogP contribution in [-0.4, -0.2) is 18.7 Å². The average Bonchev–Trinajstić information content (AvgIpc) is 3.40. The number of rotatable bonds is 7. The standard InChI is InChI=1S/C25H30O3/c1-18-22(23(18)25(26)28-21-15-9-4-10-16-21)17-27-24(19-11-5-2-6-12-19)20-13-7-3-8-14-20/h2-3,5-8,11-14,18,21-24H,4,9-10,15-17H2,1H3. The first-order valence-electron chi connectivity index (χ1n) is 10.7. The maximum Gasteiger partial charge on any atom is 0.309 e. The summed E-state index contributed by atoms with van der Waals surface area (Å²) in [5.74, 6) is 0.576. The van der Waals surface area contributed by atoms with Gasteiger partial charge in [0.15, 0.2) is 0 Å². The lowest BCUT2D eigenvalue weighted by molar-refractivity contribution is -0.153. The monoisotopic (exact) mass is 378 g/mol. The van der Waals surface area contributed by atoms with E-state index < -0.39 is 0 Å². The first kappa shape index (κ1) is 19.2. The molecule has 3 nitrogen and oxygen atoms in total. The Labute approximate surface area is 168 Å². The Morgan fingerprint density at radius 3 is 2.07 bits per heavy atom. The first-order valence-corrected chi connectivity index (χ1v) is 10.7. The molecule has 3 unspecified atom stereocenters. The van der Waals surface area contributed by atoms with Crippen LogP contribution in [-0.2, 0) is 14.3 Å². The van der Waals surface area contributed by atoms with Gasteiger partial charge in [-0.2, -0.15) is 0 Å². The van der Waals surface area contributed by atoms with E-state index in [-0.39, 0.29) is 30.0 Å². The van der Waals surface area contributed by atoms with Crippen molar-refractivity contribution in [2.45, 2.75) is 51.2 Å². The predicted molar refractivity (Wildman–Crippen MR) is 110 cm³/mol. The average molecular weight is 379 g/mol. The van der Waals surface area contributed by atoms with Crippen molar-refractivity contribution in [3.05, 3.63) is 71.8 Å². The number of esters is 1. The molecule has 0 radical (unpaired) electrons. The highest BCUT2D eigenvalue weighted by Gasteiger charge is 2.53. The zero-order valence-electron chi connectivity index (χ0n) is 16.6. The third kappa shape index (κ3) is 4.47. The quantitative estimate of drug-likeness (QED) is 0.593. The van der Waals surface area contributed by atoms with E-state index in [1.807, 2.05) is 36.4 Å². The van der Waals surface area contributed by atoms with Gasteiger partial charge < -0.3 is 9.47 Å². The van der Waals surface area contributed by atoms with E-state index in [9.17, 15) is 4.79 Å². The molecule has 2 aromatic carbocycles. The molecule has 148 valence electrons. The molecule has 4 rings (SSSR count). The SMILES string of the molecule is CC1C(COC(c2ccccc2)c2ccccc2)C1C(=O)OC1CCCCC1. The van der Waals surface area contributed by atoms with Crippen molar-refractivity contribution in [1.29, 1.82) is 0 Å². The lowest BCUT2D eigenvalue weighted by atomic mass is 9.98. The van der Waals surface area contributed by atoms with E-state index in [0.717, 1.165) is 24.0 Å². The summed E-state index contributed by atoms with van der Waals surface area (Å²) in [4.78, 5) is 12.6. The molecule has 0 heterocycles. The summed E-state index contributed by atoms with van der Waals surface area (Å²) in [5.41, 5.74) is 2.28. The van der Waals surface area contributed by atoms with Crippen molar-refractivity contribution in [3.8, 4) is 0 Å². The van der Waals surface area contributed by atoms with Crippen LogP contribution in [0.2, 0.25) is 0 Å². The normalized spacial score (nSPS) is 24.9. The number of ether oxygens (including phenoxy) is 2. The molecule has 2 aromatic rings. The lowest BCUT2D eigenvalue weighted by Crippen LogP contribution is -2.22. The topological polar surface area (TPSA) is 35.5 Å². The van der Waals surface area contributed by atoms with Gasteiger partial charge in [0.25, 0.3) is 0 Å². The second kappa shape index (κ2) is 8.91. The van der Waals surface area contributed by atoms with Gasteiger partial charge in [-0.25, -0.2) is 0 Å². The highest BCUT2D eigenvalue weighted by atomic mass is 16.5. The maximum atomic E-state index is 12.6. The van der Waals surface area contributed by atoms with Gasteiger partial charge in [0.1, 0.15) is 12.2 Å². The second-order valence-electron chi connectivity index (χ2n) is 8.28. The van der Waals surface area contributed by atoms with Crippen molar-refractivity contribution in [1.82, 2.24) is 0 Å². The Morgan fingerprint density at radius 2 is 1.50 bits per heavy atom. The summed E-state index contributed by atoms with van der Waals surface area (Å²) in [7, 11) is 0. The molecule has 2 aliphatic carbocycles. The van der Waals surface area contributed by atoms with Crippen LogP contribution in [0.4, 0.5) is 0 Å². The molecule has 0 spiro atoms. The zero-order chi connectivity index (χ0) is 19.3. The van der Waals surface area contributed by atoms with Crippen molar-refractivity contribution < 1.29 is 14.3 Å². The van der Waals surface area contributed by atoms with E-state index in [1.165, 1.54) is 19.3 Å². The molecular weight excluding hydrogens is 348 g/mol. The lowest BCUT2D eigenvalue weighted by Gasteiger charge is -2.22. The number of hydrogen-bond donors (Lipinski definition) is 0. The Morgan fingerprint density at radius 1 is 0.929 bits per heavy atom. The minimum atomic E-state index is -0.106. The van der Waals surface area contributed by atoms with E-state index in [0.29, 0.717) is 12.5 Å². The second-order valence-corrected chi connectivity index (χ2v) is 8.28. The van der Waals surface area contributed by atoms with Crippen LogP contribution in [0.15, 0.2) is 60.7 Å². The third-order valence-electron chi connectivity index (χ3n) is 6.33. The van der Waals surface area contributed by atoms with Gasteiger partial charge in [-0.1, -0.05) is 74.0 Å². The fourth-order valence-corrected chi connectivity index (χ4v) is 4.46. The summed E-state index contributed by atoms with van der Waals surface area (Å²) in [5, 5.41) is 0. The van der Waals surface area contributed by atoms with Crippen LogP contribution in [0.3, 0.4) is 0 Å². The van der Waals surface area contributed by atoms with Crippen LogP contribution in [0.25, 0.3) is 0 Å².